The van der Waals surface area contributed by atoms with Crippen molar-refractivity contribution in [1.29, 1.82) is 0 Å². The van der Waals surface area contributed by atoms with Crippen molar-refractivity contribution in [2.24, 2.45) is 11.7 Å². The molecule has 4 nitrogen and oxygen atoms in total. The predicted molar refractivity (Wildman–Crippen MR) is 68.4 cm³/mol. The van der Waals surface area contributed by atoms with Gasteiger partial charge in [-0.2, -0.15) is 0 Å². The zero-order valence-corrected chi connectivity index (χ0v) is 11.1. The summed E-state index contributed by atoms with van der Waals surface area (Å²) in [7, 11) is 0. The normalized spacial score (nSPS) is 39.5. The molecule has 18 heavy (non-hydrogen) atoms. The minimum Gasteiger partial charge on any atom is -0.381 e. The summed E-state index contributed by atoms with van der Waals surface area (Å²) in [4.78, 5) is 0. The lowest BCUT2D eigenvalue weighted by Crippen LogP contribution is -2.48. The third kappa shape index (κ3) is 2.72. The van der Waals surface area contributed by atoms with E-state index in [0.29, 0.717) is 18.1 Å². The van der Waals surface area contributed by atoms with E-state index in [2.05, 4.69) is 0 Å². The van der Waals surface area contributed by atoms with Gasteiger partial charge in [0.2, 0.25) is 0 Å². The van der Waals surface area contributed by atoms with E-state index in [9.17, 15) is 0 Å². The van der Waals surface area contributed by atoms with Gasteiger partial charge in [-0.3, -0.25) is 0 Å². The van der Waals surface area contributed by atoms with Crippen LogP contribution in [0.1, 0.15) is 38.5 Å². The highest BCUT2D eigenvalue weighted by Crippen LogP contribution is 2.38. The Morgan fingerprint density at radius 3 is 2.61 bits per heavy atom. The quantitative estimate of drug-likeness (QED) is 0.829. The van der Waals surface area contributed by atoms with Crippen molar-refractivity contribution in [2.75, 3.05) is 26.4 Å². The summed E-state index contributed by atoms with van der Waals surface area (Å²) >= 11 is 0. The molecule has 104 valence electrons. The molecule has 3 aliphatic rings. The van der Waals surface area contributed by atoms with Gasteiger partial charge < -0.3 is 19.9 Å². The van der Waals surface area contributed by atoms with Crippen molar-refractivity contribution in [3.8, 4) is 0 Å². The van der Waals surface area contributed by atoms with Crippen LogP contribution < -0.4 is 5.73 Å². The lowest BCUT2D eigenvalue weighted by Gasteiger charge is -2.45. The minimum absolute atomic E-state index is 0.0538. The molecule has 0 bridgehead atoms. The summed E-state index contributed by atoms with van der Waals surface area (Å²) in [6.07, 6.45) is 7.32. The molecule has 0 aromatic heterocycles. The summed E-state index contributed by atoms with van der Waals surface area (Å²) < 4.78 is 17.7. The zero-order chi connectivity index (χ0) is 12.4. The topological polar surface area (TPSA) is 53.7 Å². The monoisotopic (exact) mass is 255 g/mol. The Kier molecular flexibility index (Phi) is 3.89. The fraction of sp³-hybridized carbons (Fsp3) is 1.00. The van der Waals surface area contributed by atoms with Crippen LogP contribution in [0.4, 0.5) is 0 Å². The number of nitrogens with two attached hydrogens (primary N) is 1. The van der Waals surface area contributed by atoms with Crippen molar-refractivity contribution in [3.63, 3.8) is 0 Å². The van der Waals surface area contributed by atoms with Crippen LogP contribution in [0.3, 0.4) is 0 Å². The van der Waals surface area contributed by atoms with Crippen LogP contribution in [0.15, 0.2) is 0 Å². The summed E-state index contributed by atoms with van der Waals surface area (Å²) in [5.41, 5.74) is 5.71. The zero-order valence-electron chi connectivity index (χ0n) is 11.1. The summed E-state index contributed by atoms with van der Waals surface area (Å²) in [5, 5.41) is 0. The fourth-order valence-electron chi connectivity index (χ4n) is 3.44. The number of hydrogen-bond acceptors (Lipinski definition) is 4. The van der Waals surface area contributed by atoms with Gasteiger partial charge >= 0.3 is 0 Å². The molecule has 0 aromatic carbocycles. The molecule has 1 saturated carbocycles. The molecule has 1 unspecified atom stereocenters. The molecule has 0 aromatic rings. The Labute approximate surface area is 109 Å². The minimum atomic E-state index is 0.0538. The third-order valence-electron chi connectivity index (χ3n) is 4.76. The third-order valence-corrected chi connectivity index (χ3v) is 4.76. The van der Waals surface area contributed by atoms with E-state index >= 15 is 0 Å². The highest BCUT2D eigenvalue weighted by molar-refractivity contribution is 4.91. The van der Waals surface area contributed by atoms with Crippen LogP contribution in [0.25, 0.3) is 0 Å². The summed E-state index contributed by atoms with van der Waals surface area (Å²) in [6, 6.07) is 0. The molecular weight excluding hydrogens is 230 g/mol. The van der Waals surface area contributed by atoms with E-state index in [4.69, 9.17) is 19.9 Å². The molecule has 3 rings (SSSR count). The first-order valence-electron chi connectivity index (χ1n) is 7.37. The Hall–Kier alpha value is -0.160. The van der Waals surface area contributed by atoms with Crippen molar-refractivity contribution in [1.82, 2.24) is 0 Å². The van der Waals surface area contributed by atoms with Gasteiger partial charge in [-0.1, -0.05) is 0 Å². The molecule has 3 fully saturated rings. The molecule has 2 aliphatic heterocycles. The Balaban J connectivity index is 1.48. The van der Waals surface area contributed by atoms with Gasteiger partial charge in [-0.25, -0.2) is 0 Å². The molecule has 2 N–H and O–H groups in total. The summed E-state index contributed by atoms with van der Waals surface area (Å²) in [6.45, 7) is 3.34. The van der Waals surface area contributed by atoms with Crippen molar-refractivity contribution in [2.45, 2.75) is 56.3 Å². The van der Waals surface area contributed by atoms with E-state index in [1.807, 2.05) is 0 Å². The Morgan fingerprint density at radius 2 is 1.89 bits per heavy atom. The van der Waals surface area contributed by atoms with Gasteiger partial charge in [0.25, 0.3) is 0 Å². The van der Waals surface area contributed by atoms with Crippen LogP contribution in [-0.4, -0.2) is 44.2 Å². The Bertz CT molecular complexity index is 267. The molecule has 4 heteroatoms. The second kappa shape index (κ2) is 5.45. The van der Waals surface area contributed by atoms with Gasteiger partial charge in [0.1, 0.15) is 0 Å². The van der Waals surface area contributed by atoms with Crippen molar-refractivity contribution < 1.29 is 14.2 Å². The second-order valence-corrected chi connectivity index (χ2v) is 6.09. The maximum absolute atomic E-state index is 6.21. The van der Waals surface area contributed by atoms with Gasteiger partial charge in [0.15, 0.2) is 0 Å². The maximum Gasteiger partial charge on any atom is 0.0751 e. The van der Waals surface area contributed by atoms with E-state index in [1.54, 1.807) is 0 Å². The van der Waals surface area contributed by atoms with Gasteiger partial charge in [-0.05, 0) is 44.6 Å². The highest BCUT2D eigenvalue weighted by Gasteiger charge is 2.41. The lowest BCUT2D eigenvalue weighted by molar-refractivity contribution is -0.188. The first-order valence-corrected chi connectivity index (χ1v) is 7.37. The molecule has 2 saturated heterocycles. The molecule has 0 radical (unpaired) electrons. The average molecular weight is 255 g/mol. The summed E-state index contributed by atoms with van der Waals surface area (Å²) in [5.74, 6) is 0.701. The Morgan fingerprint density at radius 1 is 1.11 bits per heavy atom. The van der Waals surface area contributed by atoms with Gasteiger partial charge in [0.05, 0.1) is 17.8 Å². The molecule has 2 heterocycles. The van der Waals surface area contributed by atoms with Crippen molar-refractivity contribution in [3.05, 3.63) is 0 Å². The van der Waals surface area contributed by atoms with E-state index < -0.39 is 0 Å². The van der Waals surface area contributed by atoms with Gasteiger partial charge in [-0.15, -0.1) is 0 Å². The molecule has 1 spiro atoms. The van der Waals surface area contributed by atoms with Crippen LogP contribution >= 0.6 is 0 Å². The number of ether oxygens (including phenoxy) is 3. The first-order chi connectivity index (χ1) is 8.80. The highest BCUT2D eigenvalue weighted by atomic mass is 16.5. The van der Waals surface area contributed by atoms with Gasteiger partial charge in [0, 0.05) is 26.2 Å². The molecule has 1 aliphatic carbocycles. The predicted octanol–water partition coefficient (Wildman–Crippen LogP) is 1.47. The van der Waals surface area contributed by atoms with Crippen LogP contribution in [-0.2, 0) is 14.2 Å². The number of hydrogen-bond donors (Lipinski definition) is 1. The average Bonchev–Trinajstić information content (AvgIpc) is 2.34. The van der Waals surface area contributed by atoms with E-state index in [-0.39, 0.29) is 5.60 Å². The van der Waals surface area contributed by atoms with Crippen LogP contribution in [0, 0.1) is 5.92 Å². The lowest BCUT2D eigenvalue weighted by atomic mass is 9.81. The molecule has 1 atom stereocenters. The largest absolute Gasteiger partial charge is 0.381 e. The second-order valence-electron chi connectivity index (χ2n) is 6.09. The van der Waals surface area contributed by atoms with Crippen LogP contribution in [0.2, 0.25) is 0 Å². The standard InChI is InChI=1S/C14H25NO3/c15-10-11-7-13(8-11)18-12-1-4-17-14(9-12)2-5-16-6-3-14/h11-13H,1-10,15H2. The van der Waals surface area contributed by atoms with E-state index in [1.165, 1.54) is 0 Å². The smallest absolute Gasteiger partial charge is 0.0751 e. The van der Waals surface area contributed by atoms with Crippen LogP contribution in [0.5, 0.6) is 0 Å². The first kappa shape index (κ1) is 12.9. The van der Waals surface area contributed by atoms with E-state index in [0.717, 1.165) is 64.9 Å². The SMILES string of the molecule is NCC1CC(OC2CCOC3(CCOCC3)C2)C1. The number of rotatable bonds is 3. The molecule has 0 amide bonds. The maximum atomic E-state index is 6.21. The fourth-order valence-corrected chi connectivity index (χ4v) is 3.44. The van der Waals surface area contributed by atoms with Crippen molar-refractivity contribution >= 4 is 0 Å². The molecular formula is C14H25NO3.